The van der Waals surface area contributed by atoms with Crippen molar-refractivity contribution in [1.29, 1.82) is 0 Å². The molecule has 3 nitrogen and oxygen atoms in total. The monoisotopic (exact) mass is 397 g/mol. The van der Waals surface area contributed by atoms with Crippen molar-refractivity contribution in [2.75, 3.05) is 11.9 Å². The molecule has 3 heterocycles. The van der Waals surface area contributed by atoms with Gasteiger partial charge in [-0.2, -0.15) is 18.3 Å². The fourth-order valence-corrected chi connectivity index (χ4v) is 4.20. The number of aromatic nitrogens is 2. The minimum Gasteiger partial charge on any atom is -0.370 e. The topological polar surface area (TPSA) is 29.9 Å². The first-order chi connectivity index (χ1) is 12.4. The minimum atomic E-state index is -4.39. The van der Waals surface area contributed by atoms with Crippen molar-refractivity contribution in [3.63, 3.8) is 0 Å². The van der Waals surface area contributed by atoms with Crippen LogP contribution in [-0.4, -0.2) is 16.3 Å². The summed E-state index contributed by atoms with van der Waals surface area (Å²) < 4.78 is 41.5. The number of fused-ring (bicyclic) bond motifs is 1. The van der Waals surface area contributed by atoms with Gasteiger partial charge in [0.2, 0.25) is 0 Å². The molecule has 1 N–H and O–H groups in total. The first-order valence-electron chi connectivity index (χ1n) is 8.22. The average molecular weight is 398 g/mol. The van der Waals surface area contributed by atoms with E-state index in [-0.39, 0.29) is 0 Å². The second-order valence-corrected chi connectivity index (χ2v) is 7.84. The maximum absolute atomic E-state index is 13.1. The maximum atomic E-state index is 13.1. The van der Waals surface area contributed by atoms with Crippen molar-refractivity contribution in [2.45, 2.75) is 25.4 Å². The molecular formula is C18H15ClF3N3S. The van der Waals surface area contributed by atoms with Gasteiger partial charge in [-0.05, 0) is 49.6 Å². The molecule has 0 atom stereocenters. The highest BCUT2D eigenvalue weighted by molar-refractivity contribution is 7.19. The van der Waals surface area contributed by atoms with Crippen LogP contribution in [0.2, 0.25) is 4.34 Å². The Labute approximate surface area is 157 Å². The Balaban J connectivity index is 1.88. The number of anilines is 1. The second kappa shape index (κ2) is 6.63. The van der Waals surface area contributed by atoms with Crippen molar-refractivity contribution in [3.05, 3.63) is 51.9 Å². The van der Waals surface area contributed by atoms with E-state index in [1.807, 2.05) is 6.07 Å². The summed E-state index contributed by atoms with van der Waals surface area (Å²) >= 11 is 7.48. The molecule has 0 fully saturated rings. The number of hydrogen-bond acceptors (Lipinski definition) is 3. The SMILES string of the molecule is FC(F)(F)c1cccc(-n2nc(-c3ccc(Cl)s3)c3c2NCCCC3)c1. The van der Waals surface area contributed by atoms with Crippen LogP contribution in [0.15, 0.2) is 36.4 Å². The Morgan fingerprint density at radius 3 is 2.73 bits per heavy atom. The van der Waals surface area contributed by atoms with E-state index in [2.05, 4.69) is 10.4 Å². The Kier molecular flexibility index (Phi) is 4.44. The van der Waals surface area contributed by atoms with Crippen LogP contribution in [0.1, 0.15) is 24.0 Å². The quantitative estimate of drug-likeness (QED) is 0.573. The Morgan fingerprint density at radius 1 is 1.15 bits per heavy atom. The lowest BCUT2D eigenvalue weighted by Gasteiger charge is -2.12. The van der Waals surface area contributed by atoms with Gasteiger partial charge in [0, 0.05) is 12.1 Å². The van der Waals surface area contributed by atoms with Gasteiger partial charge in [0.25, 0.3) is 0 Å². The molecule has 0 saturated carbocycles. The highest BCUT2D eigenvalue weighted by atomic mass is 35.5. The summed E-state index contributed by atoms with van der Waals surface area (Å²) in [6.07, 6.45) is -1.56. The van der Waals surface area contributed by atoms with E-state index in [1.54, 1.807) is 16.8 Å². The highest BCUT2D eigenvalue weighted by Gasteiger charge is 2.31. The van der Waals surface area contributed by atoms with Gasteiger partial charge in [0.05, 0.1) is 20.5 Å². The van der Waals surface area contributed by atoms with Crippen LogP contribution >= 0.6 is 22.9 Å². The molecule has 4 rings (SSSR count). The lowest BCUT2D eigenvalue weighted by molar-refractivity contribution is -0.137. The van der Waals surface area contributed by atoms with E-state index in [1.165, 1.54) is 17.4 Å². The third-order valence-corrected chi connectivity index (χ3v) is 5.59. The van der Waals surface area contributed by atoms with Crippen LogP contribution < -0.4 is 5.32 Å². The molecule has 0 bridgehead atoms. The van der Waals surface area contributed by atoms with Crippen molar-refractivity contribution >= 4 is 28.8 Å². The summed E-state index contributed by atoms with van der Waals surface area (Å²) in [6.45, 7) is 0.766. The van der Waals surface area contributed by atoms with Gasteiger partial charge in [-0.25, -0.2) is 4.68 Å². The van der Waals surface area contributed by atoms with Gasteiger partial charge in [0.15, 0.2) is 0 Å². The zero-order valence-electron chi connectivity index (χ0n) is 13.6. The van der Waals surface area contributed by atoms with Crippen LogP contribution in [0, 0.1) is 0 Å². The van der Waals surface area contributed by atoms with Crippen LogP contribution in [-0.2, 0) is 12.6 Å². The summed E-state index contributed by atoms with van der Waals surface area (Å²) in [6, 6.07) is 8.95. The molecule has 1 aliphatic rings. The van der Waals surface area contributed by atoms with Gasteiger partial charge in [-0.15, -0.1) is 11.3 Å². The number of benzene rings is 1. The van der Waals surface area contributed by atoms with Crippen LogP contribution in [0.25, 0.3) is 16.3 Å². The largest absolute Gasteiger partial charge is 0.416 e. The number of halogens is 4. The minimum absolute atomic E-state index is 0.388. The third-order valence-electron chi connectivity index (χ3n) is 4.35. The molecule has 0 saturated heterocycles. The molecule has 8 heteroatoms. The van der Waals surface area contributed by atoms with E-state index in [0.717, 1.165) is 59.9 Å². The summed E-state index contributed by atoms with van der Waals surface area (Å²) in [7, 11) is 0. The highest BCUT2D eigenvalue weighted by Crippen LogP contribution is 2.39. The predicted octanol–water partition coefficient (Wildman–Crippen LogP) is 6.02. The van der Waals surface area contributed by atoms with Crippen molar-refractivity contribution < 1.29 is 13.2 Å². The summed E-state index contributed by atoms with van der Waals surface area (Å²) in [4.78, 5) is 0.917. The number of nitrogens with one attached hydrogen (secondary N) is 1. The average Bonchev–Trinajstić information content (AvgIpc) is 3.10. The fraction of sp³-hybridized carbons (Fsp3) is 0.278. The molecule has 26 heavy (non-hydrogen) atoms. The van der Waals surface area contributed by atoms with Crippen LogP contribution in [0.4, 0.5) is 19.0 Å². The number of rotatable bonds is 2. The third kappa shape index (κ3) is 3.21. The molecule has 136 valence electrons. The standard InChI is InChI=1S/C18H15ClF3N3S/c19-15-8-7-14(26-15)16-13-6-1-2-9-23-17(13)25(24-16)12-5-3-4-11(10-12)18(20,21)22/h3-5,7-8,10,23H,1-2,6,9H2. The Morgan fingerprint density at radius 2 is 2.00 bits per heavy atom. The molecule has 3 aromatic rings. The molecule has 0 unspecified atom stereocenters. The fourth-order valence-electron chi connectivity index (χ4n) is 3.14. The van der Waals surface area contributed by atoms with Crippen molar-refractivity contribution in [3.8, 4) is 16.3 Å². The lowest BCUT2D eigenvalue weighted by atomic mass is 10.1. The zero-order chi connectivity index (χ0) is 18.3. The summed E-state index contributed by atoms with van der Waals surface area (Å²) in [5.74, 6) is 0.765. The molecular weight excluding hydrogens is 383 g/mol. The Bertz CT molecular complexity index is 946. The predicted molar refractivity (Wildman–Crippen MR) is 98.3 cm³/mol. The molecule has 0 radical (unpaired) electrons. The van der Waals surface area contributed by atoms with Crippen molar-refractivity contribution in [1.82, 2.24) is 9.78 Å². The van der Waals surface area contributed by atoms with Crippen LogP contribution in [0.3, 0.4) is 0 Å². The van der Waals surface area contributed by atoms with Crippen LogP contribution in [0.5, 0.6) is 0 Å². The zero-order valence-corrected chi connectivity index (χ0v) is 15.2. The van der Waals surface area contributed by atoms with Gasteiger partial charge < -0.3 is 5.32 Å². The van der Waals surface area contributed by atoms with E-state index < -0.39 is 11.7 Å². The second-order valence-electron chi connectivity index (χ2n) is 6.12. The number of alkyl halides is 3. The van der Waals surface area contributed by atoms with Crippen molar-refractivity contribution in [2.24, 2.45) is 0 Å². The first-order valence-corrected chi connectivity index (χ1v) is 9.42. The molecule has 0 spiro atoms. The normalized spacial score (nSPS) is 14.6. The Hall–Kier alpha value is -1.99. The molecule has 1 aromatic carbocycles. The lowest BCUT2D eigenvalue weighted by Crippen LogP contribution is -2.09. The number of hydrogen-bond donors (Lipinski definition) is 1. The van der Waals surface area contributed by atoms with Gasteiger partial charge in [0.1, 0.15) is 11.5 Å². The van der Waals surface area contributed by atoms with Gasteiger partial charge in [-0.3, -0.25) is 0 Å². The summed E-state index contributed by atoms with van der Waals surface area (Å²) in [5, 5.41) is 7.99. The molecule has 1 aliphatic heterocycles. The molecule has 0 amide bonds. The maximum Gasteiger partial charge on any atom is 0.416 e. The number of thiophene rings is 1. The van der Waals surface area contributed by atoms with Gasteiger partial charge >= 0.3 is 6.18 Å². The molecule has 0 aliphatic carbocycles. The van der Waals surface area contributed by atoms with E-state index in [0.29, 0.717) is 10.0 Å². The summed E-state index contributed by atoms with van der Waals surface area (Å²) in [5.41, 5.74) is 1.51. The van der Waals surface area contributed by atoms with Gasteiger partial charge in [-0.1, -0.05) is 17.7 Å². The van der Waals surface area contributed by atoms with E-state index in [9.17, 15) is 13.2 Å². The first kappa shape index (κ1) is 17.4. The van der Waals surface area contributed by atoms with E-state index >= 15 is 0 Å². The smallest absolute Gasteiger partial charge is 0.370 e. The molecule has 2 aromatic heterocycles. The van der Waals surface area contributed by atoms with E-state index in [4.69, 9.17) is 11.6 Å². The number of nitrogens with zero attached hydrogens (tertiary/aromatic N) is 2.